The van der Waals surface area contributed by atoms with Gasteiger partial charge in [-0.1, -0.05) is 23.8 Å². The second-order valence-corrected chi connectivity index (χ2v) is 9.60. The predicted octanol–water partition coefficient (Wildman–Crippen LogP) is 6.03. The van der Waals surface area contributed by atoms with Crippen molar-refractivity contribution in [2.75, 3.05) is 32.7 Å². The van der Waals surface area contributed by atoms with Gasteiger partial charge in [-0.15, -0.1) is 0 Å². The maximum atomic E-state index is 13.4. The van der Waals surface area contributed by atoms with Gasteiger partial charge in [0.25, 0.3) is 0 Å². The van der Waals surface area contributed by atoms with Crippen molar-refractivity contribution in [2.24, 2.45) is 0 Å². The molecule has 2 fully saturated rings. The third-order valence-corrected chi connectivity index (χ3v) is 7.48. The molecule has 0 N–H and O–H groups in total. The van der Waals surface area contributed by atoms with Gasteiger partial charge in [0.1, 0.15) is 5.82 Å². The minimum atomic E-state index is -0.217. The molecule has 5 rings (SSSR count). The highest BCUT2D eigenvalue weighted by molar-refractivity contribution is 7.80. The van der Waals surface area contributed by atoms with Crippen LogP contribution in [-0.4, -0.2) is 52.1 Å². The number of benzene rings is 2. The maximum absolute atomic E-state index is 13.4. The molecule has 1 aromatic heterocycles. The molecule has 3 aromatic rings. The van der Waals surface area contributed by atoms with Gasteiger partial charge in [0.15, 0.2) is 0 Å². The van der Waals surface area contributed by atoms with Crippen LogP contribution in [0.3, 0.4) is 0 Å². The lowest BCUT2D eigenvalue weighted by molar-refractivity contribution is 0.200. The van der Waals surface area contributed by atoms with Crippen LogP contribution < -0.4 is 0 Å². The zero-order chi connectivity index (χ0) is 21.4. The number of nitrogens with zero attached hydrogens (tertiary/aromatic N) is 3. The number of halogens is 2. The van der Waals surface area contributed by atoms with Gasteiger partial charge in [0.05, 0.1) is 10.5 Å². The van der Waals surface area contributed by atoms with Crippen LogP contribution in [0.1, 0.15) is 37.2 Å². The fourth-order valence-electron chi connectivity index (χ4n) is 5.04. The van der Waals surface area contributed by atoms with Gasteiger partial charge in [-0.3, -0.25) is 0 Å². The smallest absolute Gasteiger partial charge is 0.123 e. The van der Waals surface area contributed by atoms with Gasteiger partial charge >= 0.3 is 0 Å². The molecule has 0 aliphatic carbocycles. The summed E-state index contributed by atoms with van der Waals surface area (Å²) in [6.45, 7) is 5.49. The lowest BCUT2D eigenvalue weighted by atomic mass is 9.89. The van der Waals surface area contributed by atoms with Crippen molar-refractivity contribution in [3.8, 4) is 5.69 Å². The summed E-state index contributed by atoms with van der Waals surface area (Å²) in [5.41, 5.74) is 3.44. The Morgan fingerprint density at radius 3 is 2.48 bits per heavy atom. The first-order chi connectivity index (χ1) is 15.1. The van der Waals surface area contributed by atoms with E-state index >= 15 is 0 Å². The van der Waals surface area contributed by atoms with E-state index in [0.717, 1.165) is 73.2 Å². The summed E-state index contributed by atoms with van der Waals surface area (Å²) >= 11 is 11.8. The molecule has 3 heterocycles. The molecule has 0 unspecified atom stereocenters. The Morgan fingerprint density at radius 1 is 1.00 bits per heavy atom. The first kappa shape index (κ1) is 20.9. The van der Waals surface area contributed by atoms with E-state index in [4.69, 9.17) is 23.8 Å². The molecular formula is C25H27ClFN3S. The van der Waals surface area contributed by atoms with Crippen molar-refractivity contribution in [1.82, 2.24) is 14.4 Å². The number of hydrogen-bond acceptors (Lipinski definition) is 2. The predicted molar refractivity (Wildman–Crippen MR) is 130 cm³/mol. The summed E-state index contributed by atoms with van der Waals surface area (Å²) in [5, 5.41) is 1.96. The number of likely N-dealkylation sites (tertiary alicyclic amines) is 2. The molecule has 0 radical (unpaired) electrons. The fourth-order valence-corrected chi connectivity index (χ4v) is 5.54. The molecule has 2 aromatic carbocycles. The molecule has 0 amide bonds. The highest BCUT2D eigenvalue weighted by Gasteiger charge is 2.25. The van der Waals surface area contributed by atoms with E-state index in [0.29, 0.717) is 5.92 Å². The lowest BCUT2D eigenvalue weighted by Crippen LogP contribution is -2.39. The summed E-state index contributed by atoms with van der Waals surface area (Å²) in [6, 6.07) is 12.8. The average molecular weight is 456 g/mol. The third-order valence-electron chi connectivity index (χ3n) is 6.79. The molecule has 2 aliphatic heterocycles. The zero-order valence-electron chi connectivity index (χ0n) is 17.6. The van der Waals surface area contributed by atoms with Crippen molar-refractivity contribution in [1.29, 1.82) is 0 Å². The minimum absolute atomic E-state index is 0.217. The van der Waals surface area contributed by atoms with Crippen LogP contribution in [0.25, 0.3) is 16.6 Å². The highest BCUT2D eigenvalue weighted by atomic mass is 35.5. The quantitative estimate of drug-likeness (QED) is 0.436. The van der Waals surface area contributed by atoms with Crippen molar-refractivity contribution in [3.05, 3.63) is 65.1 Å². The summed E-state index contributed by atoms with van der Waals surface area (Å²) in [4.78, 5) is 6.09. The molecule has 31 heavy (non-hydrogen) atoms. The molecule has 0 atom stereocenters. The van der Waals surface area contributed by atoms with Crippen LogP contribution >= 0.6 is 23.8 Å². The standard InChI is InChI=1S/C25H27ClFN3S/c26-19-3-8-24-22(16-19)23(17-30(24)21-6-4-20(27)5-7-21)18-9-12-28(13-10-18)14-15-29-11-1-2-25(29)31/h3-8,16-18H,1-2,9-15H2. The molecule has 6 heteroatoms. The highest BCUT2D eigenvalue weighted by Crippen LogP contribution is 2.37. The van der Waals surface area contributed by atoms with Crippen molar-refractivity contribution >= 4 is 39.7 Å². The Hall–Kier alpha value is -1.95. The zero-order valence-corrected chi connectivity index (χ0v) is 19.1. The summed E-state index contributed by atoms with van der Waals surface area (Å²) < 4.78 is 15.6. The number of piperidine rings is 1. The molecule has 2 saturated heterocycles. The number of rotatable bonds is 5. The first-order valence-electron chi connectivity index (χ1n) is 11.1. The first-order valence-corrected chi connectivity index (χ1v) is 11.9. The Bertz CT molecular complexity index is 1090. The van der Waals surface area contributed by atoms with Crippen LogP contribution in [0, 0.1) is 5.82 Å². The van der Waals surface area contributed by atoms with Crippen molar-refractivity contribution < 1.29 is 4.39 Å². The van der Waals surface area contributed by atoms with Crippen LogP contribution in [0.5, 0.6) is 0 Å². The number of thiocarbonyl (C=S) groups is 1. The van der Waals surface area contributed by atoms with Crippen LogP contribution in [-0.2, 0) is 0 Å². The van der Waals surface area contributed by atoms with Gasteiger partial charge in [-0.05, 0) is 92.7 Å². The van der Waals surface area contributed by atoms with Gasteiger partial charge in [0.2, 0.25) is 0 Å². The fraction of sp³-hybridized carbons (Fsp3) is 0.400. The summed E-state index contributed by atoms with van der Waals surface area (Å²) in [7, 11) is 0. The number of hydrogen-bond donors (Lipinski definition) is 0. The van der Waals surface area contributed by atoms with E-state index < -0.39 is 0 Å². The van der Waals surface area contributed by atoms with Crippen molar-refractivity contribution in [2.45, 2.75) is 31.6 Å². The summed E-state index contributed by atoms with van der Waals surface area (Å²) in [5.74, 6) is 0.289. The van der Waals surface area contributed by atoms with Crippen molar-refractivity contribution in [3.63, 3.8) is 0 Å². The van der Waals surface area contributed by atoms with E-state index in [1.165, 1.54) is 29.5 Å². The van der Waals surface area contributed by atoms with E-state index in [2.05, 4.69) is 32.7 Å². The number of fused-ring (bicyclic) bond motifs is 1. The second kappa shape index (κ2) is 8.89. The Labute approximate surface area is 193 Å². The van der Waals surface area contributed by atoms with Gasteiger partial charge < -0.3 is 14.4 Å². The van der Waals surface area contributed by atoms with Gasteiger partial charge in [0, 0.05) is 41.9 Å². The largest absolute Gasteiger partial charge is 0.365 e. The van der Waals surface area contributed by atoms with Gasteiger partial charge in [-0.25, -0.2) is 4.39 Å². The minimum Gasteiger partial charge on any atom is -0.365 e. The van der Waals surface area contributed by atoms with E-state index in [1.54, 1.807) is 0 Å². The number of aromatic nitrogens is 1. The molecule has 0 bridgehead atoms. The maximum Gasteiger partial charge on any atom is 0.123 e. The Kier molecular flexibility index (Phi) is 6.00. The molecule has 0 spiro atoms. The lowest BCUT2D eigenvalue weighted by Gasteiger charge is -2.33. The normalized spacial score (nSPS) is 18.4. The average Bonchev–Trinajstić information content (AvgIpc) is 3.36. The third kappa shape index (κ3) is 4.36. The van der Waals surface area contributed by atoms with E-state index in [9.17, 15) is 4.39 Å². The van der Waals surface area contributed by atoms with Crippen LogP contribution in [0.15, 0.2) is 48.7 Å². The molecule has 2 aliphatic rings. The van der Waals surface area contributed by atoms with E-state index in [1.807, 2.05) is 18.2 Å². The molecular weight excluding hydrogens is 429 g/mol. The molecule has 0 saturated carbocycles. The Balaban J connectivity index is 1.34. The van der Waals surface area contributed by atoms with E-state index in [-0.39, 0.29) is 5.82 Å². The SMILES string of the molecule is Fc1ccc(-n2cc(C3CCN(CCN4CCCC4=S)CC3)c3cc(Cl)ccc32)cc1. The van der Waals surface area contributed by atoms with Crippen LogP contribution in [0.2, 0.25) is 5.02 Å². The molecule has 162 valence electrons. The summed E-state index contributed by atoms with van der Waals surface area (Å²) in [6.07, 6.45) is 6.80. The van der Waals surface area contributed by atoms with Gasteiger partial charge in [-0.2, -0.15) is 0 Å². The molecule has 3 nitrogen and oxygen atoms in total. The van der Waals surface area contributed by atoms with Crippen LogP contribution in [0.4, 0.5) is 4.39 Å². The Morgan fingerprint density at radius 2 is 1.77 bits per heavy atom. The monoisotopic (exact) mass is 455 g/mol. The topological polar surface area (TPSA) is 11.4 Å². The second-order valence-electron chi connectivity index (χ2n) is 8.69.